The van der Waals surface area contributed by atoms with Crippen LogP contribution in [0.4, 0.5) is 5.13 Å². The lowest BCUT2D eigenvalue weighted by atomic mass is 10.3. The number of carbonyl (C=O) groups is 2. The van der Waals surface area contributed by atoms with Crippen LogP contribution < -0.4 is 10.9 Å². The van der Waals surface area contributed by atoms with E-state index in [1.807, 2.05) is 6.26 Å². The molecule has 1 amide bonds. The normalized spacial score (nSPS) is 10.5. The summed E-state index contributed by atoms with van der Waals surface area (Å²) in [6.45, 7) is 3.62. The van der Waals surface area contributed by atoms with Crippen LogP contribution in [0.1, 0.15) is 38.6 Å². The van der Waals surface area contributed by atoms with Gasteiger partial charge in [0.05, 0.1) is 18.1 Å². The second-order valence-electron chi connectivity index (χ2n) is 4.62. The zero-order valence-electron chi connectivity index (χ0n) is 13.3. The van der Waals surface area contributed by atoms with E-state index in [4.69, 9.17) is 4.74 Å². The Hall–Kier alpha value is -2.20. The van der Waals surface area contributed by atoms with Gasteiger partial charge in [0.15, 0.2) is 5.13 Å². The van der Waals surface area contributed by atoms with Crippen LogP contribution in [0.15, 0.2) is 10.9 Å². The molecule has 0 saturated heterocycles. The fraction of sp³-hybridized carbons (Fsp3) is 0.357. The van der Waals surface area contributed by atoms with E-state index in [1.54, 1.807) is 13.8 Å². The Morgan fingerprint density at radius 3 is 2.83 bits per heavy atom. The average molecular weight is 368 g/mol. The van der Waals surface area contributed by atoms with Crippen LogP contribution in [-0.4, -0.2) is 39.7 Å². The van der Waals surface area contributed by atoms with E-state index >= 15 is 0 Å². The molecular weight excluding hydrogens is 352 g/mol. The third kappa shape index (κ3) is 4.42. The SMILES string of the molecule is CCOC(=O)c1sc(NC(=O)c2cc(=O)[nH]c(CSC)n2)nc1C. The summed E-state index contributed by atoms with van der Waals surface area (Å²) in [5, 5.41) is 2.80. The molecule has 0 aliphatic rings. The Labute approximate surface area is 146 Å². The summed E-state index contributed by atoms with van der Waals surface area (Å²) in [5.74, 6) is -0.139. The summed E-state index contributed by atoms with van der Waals surface area (Å²) in [6, 6.07) is 1.12. The second kappa shape index (κ2) is 8.06. The number of rotatable bonds is 6. The lowest BCUT2D eigenvalue weighted by molar-refractivity contribution is 0.0531. The van der Waals surface area contributed by atoms with Gasteiger partial charge in [0.2, 0.25) is 0 Å². The number of anilines is 1. The Balaban J connectivity index is 2.20. The van der Waals surface area contributed by atoms with Crippen molar-refractivity contribution >= 4 is 40.1 Å². The van der Waals surface area contributed by atoms with Crippen LogP contribution in [0.5, 0.6) is 0 Å². The molecule has 0 unspecified atom stereocenters. The molecule has 0 bridgehead atoms. The van der Waals surface area contributed by atoms with Gasteiger partial charge in [-0.2, -0.15) is 11.8 Å². The molecule has 2 heterocycles. The van der Waals surface area contributed by atoms with Crippen molar-refractivity contribution in [1.29, 1.82) is 0 Å². The first-order chi connectivity index (χ1) is 11.4. The quantitative estimate of drug-likeness (QED) is 0.748. The molecule has 0 fully saturated rings. The molecule has 24 heavy (non-hydrogen) atoms. The molecular formula is C14H16N4O4S2. The highest BCUT2D eigenvalue weighted by molar-refractivity contribution is 7.97. The zero-order chi connectivity index (χ0) is 17.7. The summed E-state index contributed by atoms with van der Waals surface area (Å²) < 4.78 is 4.93. The minimum absolute atomic E-state index is 0.00617. The van der Waals surface area contributed by atoms with Gasteiger partial charge in [-0.15, -0.1) is 0 Å². The Morgan fingerprint density at radius 1 is 1.42 bits per heavy atom. The van der Waals surface area contributed by atoms with Crippen LogP contribution in [0.3, 0.4) is 0 Å². The van der Waals surface area contributed by atoms with E-state index < -0.39 is 17.4 Å². The minimum Gasteiger partial charge on any atom is -0.462 e. The van der Waals surface area contributed by atoms with Crippen molar-refractivity contribution in [3.05, 3.63) is 38.5 Å². The summed E-state index contributed by atoms with van der Waals surface area (Å²) in [5.41, 5.74) is 0.0609. The molecule has 2 N–H and O–H groups in total. The van der Waals surface area contributed by atoms with Crippen LogP contribution >= 0.6 is 23.1 Å². The lowest BCUT2D eigenvalue weighted by Crippen LogP contribution is -2.20. The van der Waals surface area contributed by atoms with Gasteiger partial charge in [0.1, 0.15) is 16.4 Å². The molecule has 0 aliphatic carbocycles. The molecule has 2 aromatic rings. The Bertz CT molecular complexity index is 815. The molecule has 128 valence electrons. The number of aromatic amines is 1. The van der Waals surface area contributed by atoms with Gasteiger partial charge < -0.3 is 9.72 Å². The summed E-state index contributed by atoms with van der Waals surface area (Å²) in [6.07, 6.45) is 1.86. The standard InChI is InChI=1S/C14H16N4O4S2/c1-4-22-13(21)11-7(2)15-14(24-11)18-12(20)8-5-10(19)17-9(16-8)6-23-3/h5H,4,6H2,1-3H3,(H,15,18,20)(H,16,17,19). The van der Waals surface area contributed by atoms with Crippen LogP contribution in [0.25, 0.3) is 0 Å². The van der Waals surface area contributed by atoms with Crippen molar-refractivity contribution in [2.75, 3.05) is 18.2 Å². The summed E-state index contributed by atoms with van der Waals surface area (Å²) in [7, 11) is 0. The van der Waals surface area contributed by atoms with E-state index in [-0.39, 0.29) is 17.4 Å². The van der Waals surface area contributed by atoms with Crippen molar-refractivity contribution in [3.8, 4) is 0 Å². The number of esters is 1. The molecule has 0 radical (unpaired) electrons. The third-order valence-corrected chi connectivity index (χ3v) is 4.40. The minimum atomic E-state index is -0.562. The van der Waals surface area contributed by atoms with Gasteiger partial charge in [0.25, 0.3) is 11.5 Å². The fourth-order valence-electron chi connectivity index (χ4n) is 1.83. The number of aryl methyl sites for hydroxylation is 1. The van der Waals surface area contributed by atoms with Gasteiger partial charge in [-0.05, 0) is 20.1 Å². The Kier molecular flexibility index (Phi) is 6.10. The van der Waals surface area contributed by atoms with Crippen molar-refractivity contribution in [2.24, 2.45) is 0 Å². The number of carbonyl (C=O) groups excluding carboxylic acids is 2. The molecule has 0 atom stereocenters. The maximum Gasteiger partial charge on any atom is 0.350 e. The second-order valence-corrected chi connectivity index (χ2v) is 6.48. The van der Waals surface area contributed by atoms with Crippen molar-refractivity contribution in [1.82, 2.24) is 15.0 Å². The molecule has 0 aromatic carbocycles. The Morgan fingerprint density at radius 2 is 2.17 bits per heavy atom. The van der Waals surface area contributed by atoms with Crippen molar-refractivity contribution in [3.63, 3.8) is 0 Å². The van der Waals surface area contributed by atoms with E-state index in [9.17, 15) is 14.4 Å². The summed E-state index contributed by atoms with van der Waals surface area (Å²) in [4.78, 5) is 46.8. The number of amides is 1. The van der Waals surface area contributed by atoms with Crippen LogP contribution in [-0.2, 0) is 10.5 Å². The number of nitrogens with zero attached hydrogens (tertiary/aromatic N) is 2. The zero-order valence-corrected chi connectivity index (χ0v) is 15.0. The predicted octanol–water partition coefficient (Wildman–Crippen LogP) is 1.83. The number of thiazole rings is 1. The average Bonchev–Trinajstić information content (AvgIpc) is 2.88. The molecule has 0 spiro atoms. The largest absolute Gasteiger partial charge is 0.462 e. The summed E-state index contributed by atoms with van der Waals surface area (Å²) >= 11 is 2.49. The van der Waals surface area contributed by atoms with E-state index in [1.165, 1.54) is 11.8 Å². The van der Waals surface area contributed by atoms with E-state index in [2.05, 4.69) is 20.3 Å². The predicted molar refractivity (Wildman–Crippen MR) is 92.8 cm³/mol. The number of aromatic nitrogens is 3. The van der Waals surface area contributed by atoms with Crippen molar-refractivity contribution < 1.29 is 14.3 Å². The van der Waals surface area contributed by atoms with E-state index in [0.717, 1.165) is 17.4 Å². The smallest absolute Gasteiger partial charge is 0.350 e. The monoisotopic (exact) mass is 368 g/mol. The van der Waals surface area contributed by atoms with E-state index in [0.29, 0.717) is 22.1 Å². The molecule has 10 heteroatoms. The van der Waals surface area contributed by atoms with Crippen molar-refractivity contribution in [2.45, 2.75) is 19.6 Å². The van der Waals surface area contributed by atoms with Gasteiger partial charge in [-0.3, -0.25) is 14.9 Å². The van der Waals surface area contributed by atoms with Gasteiger partial charge in [-0.1, -0.05) is 11.3 Å². The van der Waals surface area contributed by atoms with Gasteiger partial charge in [0, 0.05) is 6.07 Å². The van der Waals surface area contributed by atoms with Gasteiger partial charge >= 0.3 is 5.97 Å². The maximum atomic E-state index is 12.3. The fourth-order valence-corrected chi connectivity index (χ4v) is 3.09. The highest BCUT2D eigenvalue weighted by Crippen LogP contribution is 2.23. The number of nitrogens with one attached hydrogen (secondary N) is 2. The number of hydrogen-bond acceptors (Lipinski definition) is 8. The highest BCUT2D eigenvalue weighted by atomic mass is 32.2. The topological polar surface area (TPSA) is 114 Å². The molecule has 0 aliphatic heterocycles. The first-order valence-corrected chi connectivity index (χ1v) is 9.20. The molecule has 2 aromatic heterocycles. The number of thioether (sulfide) groups is 1. The molecule has 0 saturated carbocycles. The first kappa shape index (κ1) is 18.1. The molecule has 8 nitrogen and oxygen atoms in total. The van der Waals surface area contributed by atoms with Crippen LogP contribution in [0.2, 0.25) is 0 Å². The number of hydrogen-bond donors (Lipinski definition) is 2. The highest BCUT2D eigenvalue weighted by Gasteiger charge is 2.18. The first-order valence-electron chi connectivity index (χ1n) is 6.99. The third-order valence-electron chi connectivity index (χ3n) is 2.78. The number of ether oxygens (including phenoxy) is 1. The lowest BCUT2D eigenvalue weighted by Gasteiger charge is -2.03. The van der Waals surface area contributed by atoms with Gasteiger partial charge in [-0.25, -0.2) is 14.8 Å². The maximum absolute atomic E-state index is 12.3. The molecule has 2 rings (SSSR count). The van der Waals surface area contributed by atoms with Crippen LogP contribution in [0, 0.1) is 6.92 Å². The number of H-pyrrole nitrogens is 1.